The number of aryl methyl sites for hydroxylation is 1. The number of nitrogens with zero attached hydrogens (tertiary/aromatic N) is 4. The molecule has 1 aromatic heterocycles. The largest absolute Gasteiger partial charge is 0.490 e. The van der Waals surface area contributed by atoms with Crippen LogP contribution in [0.4, 0.5) is 18.9 Å². The third-order valence-electron chi connectivity index (χ3n) is 5.49. The number of fused-ring (bicyclic) bond motifs is 1. The highest BCUT2D eigenvalue weighted by molar-refractivity contribution is 5.95. The summed E-state index contributed by atoms with van der Waals surface area (Å²) >= 11 is 0. The van der Waals surface area contributed by atoms with E-state index in [0.717, 1.165) is 24.1 Å². The van der Waals surface area contributed by atoms with Crippen molar-refractivity contribution in [1.29, 1.82) is 0 Å². The molecule has 172 valence electrons. The second-order valence-corrected chi connectivity index (χ2v) is 7.65. The van der Waals surface area contributed by atoms with E-state index in [1.807, 2.05) is 53.4 Å². The van der Waals surface area contributed by atoms with Gasteiger partial charge in [-0.1, -0.05) is 30.3 Å². The number of likely N-dealkylation sites (tertiary alicyclic amines) is 1. The number of benzene rings is 1. The molecule has 1 aromatic carbocycles. The molecule has 32 heavy (non-hydrogen) atoms. The Labute approximate surface area is 182 Å². The van der Waals surface area contributed by atoms with E-state index >= 15 is 0 Å². The van der Waals surface area contributed by atoms with Crippen LogP contribution in [0.25, 0.3) is 0 Å². The molecule has 0 radical (unpaired) electrons. The third kappa shape index (κ3) is 5.27. The summed E-state index contributed by atoms with van der Waals surface area (Å²) < 4.78 is 33.4. The van der Waals surface area contributed by atoms with Gasteiger partial charge < -0.3 is 14.9 Å². The van der Waals surface area contributed by atoms with Gasteiger partial charge in [-0.25, -0.2) is 4.79 Å². The van der Waals surface area contributed by atoms with Crippen LogP contribution in [0.3, 0.4) is 0 Å². The fraction of sp³-hybridized carbons (Fsp3) is 0.429. The number of alkyl halides is 3. The summed E-state index contributed by atoms with van der Waals surface area (Å²) in [5, 5.41) is 11.3. The number of anilines is 1. The number of amides is 2. The second kappa shape index (κ2) is 9.41. The fourth-order valence-electron chi connectivity index (χ4n) is 4.11. The SMILES string of the molecule is Cn1cc(N2C(=O)CC[C@@H]3[C@H]2CCN3C(=O)Cc2ccccc2)cn1.O=C(O)C(F)(F)F. The number of hydrogen-bond acceptors (Lipinski definition) is 4. The molecule has 2 saturated heterocycles. The highest BCUT2D eigenvalue weighted by Gasteiger charge is 2.45. The summed E-state index contributed by atoms with van der Waals surface area (Å²) in [5.41, 5.74) is 1.87. The minimum Gasteiger partial charge on any atom is -0.475 e. The van der Waals surface area contributed by atoms with Gasteiger partial charge in [-0.05, 0) is 18.4 Å². The van der Waals surface area contributed by atoms with Gasteiger partial charge in [-0.3, -0.25) is 14.3 Å². The number of hydrogen-bond donors (Lipinski definition) is 1. The van der Waals surface area contributed by atoms with Crippen molar-refractivity contribution in [3.63, 3.8) is 0 Å². The molecule has 0 unspecified atom stereocenters. The Balaban J connectivity index is 0.000000360. The van der Waals surface area contributed by atoms with Crippen LogP contribution in [0, 0.1) is 0 Å². The van der Waals surface area contributed by atoms with Crippen molar-refractivity contribution >= 4 is 23.5 Å². The Morgan fingerprint density at radius 1 is 1.16 bits per heavy atom. The normalized spacial score (nSPS) is 20.4. The lowest BCUT2D eigenvalue weighted by atomic mass is 9.95. The Bertz CT molecular complexity index is 977. The molecule has 2 aliphatic heterocycles. The number of aliphatic carboxylic acids is 1. The molecule has 1 N–H and O–H groups in total. The fourth-order valence-corrected chi connectivity index (χ4v) is 4.11. The lowest BCUT2D eigenvalue weighted by Gasteiger charge is -2.39. The van der Waals surface area contributed by atoms with Crippen LogP contribution in [0.1, 0.15) is 24.8 Å². The summed E-state index contributed by atoms with van der Waals surface area (Å²) in [6.45, 7) is 0.713. The molecule has 8 nitrogen and oxygen atoms in total. The van der Waals surface area contributed by atoms with Crippen molar-refractivity contribution in [2.45, 2.75) is 43.9 Å². The first-order valence-corrected chi connectivity index (χ1v) is 10.0. The van der Waals surface area contributed by atoms with E-state index in [1.54, 1.807) is 10.9 Å². The van der Waals surface area contributed by atoms with E-state index in [0.29, 0.717) is 19.4 Å². The summed E-state index contributed by atoms with van der Waals surface area (Å²) in [7, 11) is 1.85. The van der Waals surface area contributed by atoms with Crippen LogP contribution >= 0.6 is 0 Å². The van der Waals surface area contributed by atoms with E-state index in [1.165, 1.54) is 0 Å². The molecule has 0 bridgehead atoms. The predicted octanol–water partition coefficient (Wildman–Crippen LogP) is 2.39. The van der Waals surface area contributed by atoms with Crippen LogP contribution in [0.2, 0.25) is 0 Å². The molecule has 0 aliphatic carbocycles. The van der Waals surface area contributed by atoms with Gasteiger partial charge >= 0.3 is 12.1 Å². The van der Waals surface area contributed by atoms with Gasteiger partial charge in [-0.15, -0.1) is 0 Å². The molecule has 0 spiro atoms. The number of carboxylic acid groups (broad SMARTS) is 1. The van der Waals surface area contributed by atoms with E-state index in [4.69, 9.17) is 9.90 Å². The molecule has 2 aromatic rings. The van der Waals surface area contributed by atoms with E-state index < -0.39 is 12.1 Å². The number of halogens is 3. The average molecular weight is 452 g/mol. The lowest BCUT2D eigenvalue weighted by Crippen LogP contribution is -2.53. The number of piperidine rings is 1. The standard InChI is InChI=1S/C19H22N4O2.C2HF3O2/c1-21-13-15(12-20-21)23-17-9-10-22(16(17)7-8-18(23)24)19(25)11-14-5-3-2-4-6-14;3-2(4,5)1(6)7/h2-6,12-13,16-17H,7-11H2,1H3;(H,6,7)/t16-,17-;/m1./s1. The molecule has 4 rings (SSSR count). The predicted molar refractivity (Wildman–Crippen MR) is 108 cm³/mol. The van der Waals surface area contributed by atoms with E-state index in [2.05, 4.69) is 5.10 Å². The maximum absolute atomic E-state index is 12.8. The smallest absolute Gasteiger partial charge is 0.475 e. The molecule has 11 heteroatoms. The van der Waals surface area contributed by atoms with Gasteiger partial charge in [0.05, 0.1) is 30.4 Å². The first-order chi connectivity index (χ1) is 15.1. The topological polar surface area (TPSA) is 95.7 Å². The van der Waals surface area contributed by atoms with Crippen LogP contribution in [0.5, 0.6) is 0 Å². The average Bonchev–Trinajstić information content (AvgIpc) is 3.34. The molecule has 2 fully saturated rings. The van der Waals surface area contributed by atoms with Crippen molar-refractivity contribution in [2.75, 3.05) is 11.4 Å². The van der Waals surface area contributed by atoms with Crippen LogP contribution < -0.4 is 4.90 Å². The minimum absolute atomic E-state index is 0.0603. The molecule has 3 heterocycles. The van der Waals surface area contributed by atoms with Crippen molar-refractivity contribution < 1.29 is 32.7 Å². The first kappa shape index (κ1) is 23.3. The molecular formula is C21H23F3N4O4. The second-order valence-electron chi connectivity index (χ2n) is 7.65. The molecule has 2 amide bonds. The van der Waals surface area contributed by atoms with Gasteiger partial charge in [-0.2, -0.15) is 18.3 Å². The van der Waals surface area contributed by atoms with E-state index in [9.17, 15) is 22.8 Å². The monoisotopic (exact) mass is 452 g/mol. The Kier molecular flexibility index (Phi) is 6.85. The first-order valence-electron chi connectivity index (χ1n) is 10.0. The van der Waals surface area contributed by atoms with Crippen molar-refractivity contribution in [2.24, 2.45) is 7.05 Å². The highest BCUT2D eigenvalue weighted by Crippen LogP contribution is 2.34. The van der Waals surface area contributed by atoms with Gasteiger partial charge in [0.25, 0.3) is 0 Å². The Hall–Kier alpha value is -3.37. The number of carboxylic acids is 1. The van der Waals surface area contributed by atoms with Crippen LogP contribution in [-0.4, -0.2) is 62.4 Å². The molecule has 2 atom stereocenters. The summed E-state index contributed by atoms with van der Waals surface area (Å²) in [4.78, 5) is 38.0. The van der Waals surface area contributed by atoms with Gasteiger partial charge in [0.15, 0.2) is 0 Å². The third-order valence-corrected chi connectivity index (χ3v) is 5.49. The Morgan fingerprint density at radius 3 is 2.38 bits per heavy atom. The van der Waals surface area contributed by atoms with Crippen LogP contribution in [0.15, 0.2) is 42.7 Å². The van der Waals surface area contributed by atoms with Crippen molar-refractivity contribution in [3.8, 4) is 0 Å². The number of rotatable bonds is 3. The zero-order valence-corrected chi connectivity index (χ0v) is 17.3. The maximum Gasteiger partial charge on any atom is 0.490 e. The summed E-state index contributed by atoms with van der Waals surface area (Å²) in [6, 6.07) is 10.0. The quantitative estimate of drug-likeness (QED) is 0.772. The number of carbonyl (C=O) groups is 3. The highest BCUT2D eigenvalue weighted by atomic mass is 19.4. The lowest BCUT2D eigenvalue weighted by molar-refractivity contribution is -0.192. The van der Waals surface area contributed by atoms with Gasteiger partial charge in [0.2, 0.25) is 11.8 Å². The Morgan fingerprint density at radius 2 is 1.81 bits per heavy atom. The maximum atomic E-state index is 12.8. The van der Waals surface area contributed by atoms with Crippen LogP contribution in [-0.2, 0) is 27.9 Å². The number of carbonyl (C=O) groups excluding carboxylic acids is 2. The minimum atomic E-state index is -5.08. The summed E-state index contributed by atoms with van der Waals surface area (Å²) in [5.74, 6) is -2.47. The van der Waals surface area contributed by atoms with E-state index in [-0.39, 0.29) is 23.9 Å². The van der Waals surface area contributed by atoms with Crippen molar-refractivity contribution in [3.05, 3.63) is 48.3 Å². The molecule has 0 saturated carbocycles. The zero-order chi connectivity index (χ0) is 23.5. The molecule has 2 aliphatic rings. The molecular weight excluding hydrogens is 429 g/mol. The van der Waals surface area contributed by atoms with Crippen molar-refractivity contribution in [1.82, 2.24) is 14.7 Å². The van der Waals surface area contributed by atoms with Gasteiger partial charge in [0, 0.05) is 26.2 Å². The van der Waals surface area contributed by atoms with Gasteiger partial charge in [0.1, 0.15) is 0 Å². The zero-order valence-electron chi connectivity index (χ0n) is 17.3. The summed E-state index contributed by atoms with van der Waals surface area (Å²) in [6.07, 6.45) is 0.992. The number of aromatic nitrogens is 2.